The number of hydrogen-bond acceptors (Lipinski definition) is 3. The normalized spacial score (nSPS) is 18.8. The summed E-state index contributed by atoms with van der Waals surface area (Å²) in [6, 6.07) is 28.1. The van der Waals surface area contributed by atoms with Gasteiger partial charge >= 0.3 is 6.09 Å². The van der Waals surface area contributed by atoms with E-state index in [-0.39, 0.29) is 41.0 Å². The van der Waals surface area contributed by atoms with Crippen LogP contribution in [-0.2, 0) is 15.6 Å². The van der Waals surface area contributed by atoms with E-state index >= 15 is 0 Å². The average Bonchev–Trinajstić information content (AvgIpc) is 3.32. The Morgan fingerprint density at radius 1 is 0.789 bits per heavy atom. The fourth-order valence-corrected chi connectivity index (χ4v) is 5.30. The highest BCUT2D eigenvalue weighted by Gasteiger charge is 2.35. The maximum Gasteiger partial charge on any atom is 0.407 e. The van der Waals surface area contributed by atoms with Gasteiger partial charge in [0.1, 0.15) is 6.10 Å². The number of hydrogen-bond donors (Lipinski definition) is 2. The highest BCUT2D eigenvalue weighted by molar-refractivity contribution is 5.68. The van der Waals surface area contributed by atoms with Crippen molar-refractivity contribution in [2.45, 2.75) is 89.8 Å². The van der Waals surface area contributed by atoms with Crippen molar-refractivity contribution in [3.05, 3.63) is 107 Å². The Kier molecular flexibility index (Phi) is 8.32. The van der Waals surface area contributed by atoms with Gasteiger partial charge in [-0.3, -0.25) is 0 Å². The Hall–Kier alpha value is -3.11. The van der Waals surface area contributed by atoms with Crippen LogP contribution in [0.3, 0.4) is 0 Å². The van der Waals surface area contributed by atoms with Gasteiger partial charge in [-0.15, -0.1) is 0 Å². The molecule has 2 N–H and O–H groups in total. The number of alkyl carbamates (subject to hydrolysis) is 1. The van der Waals surface area contributed by atoms with Crippen molar-refractivity contribution in [1.82, 2.24) is 10.6 Å². The highest BCUT2D eigenvalue weighted by atomic mass is 16.6. The first-order valence-corrected chi connectivity index (χ1v) is 13.9. The lowest BCUT2D eigenvalue weighted by atomic mass is 9.80. The SMILES string of the molecule is C[C@H](NC(=O)O[C@H]1CN[C@@H](C(c2ccc(C(C)(C)C)cc2)c2ccc(C(C)(C)C)cc2)C1)c1ccccc1. The zero-order chi connectivity index (χ0) is 27.5. The Balaban J connectivity index is 1.51. The van der Waals surface area contributed by atoms with Gasteiger partial charge in [0.25, 0.3) is 0 Å². The molecule has 0 spiro atoms. The molecule has 0 aliphatic carbocycles. The summed E-state index contributed by atoms with van der Waals surface area (Å²) in [4.78, 5) is 12.7. The van der Waals surface area contributed by atoms with E-state index in [0.29, 0.717) is 6.54 Å². The summed E-state index contributed by atoms with van der Waals surface area (Å²) in [5.74, 6) is 0.165. The van der Waals surface area contributed by atoms with Crippen LogP contribution in [0.4, 0.5) is 4.79 Å². The first-order valence-electron chi connectivity index (χ1n) is 13.9. The predicted octanol–water partition coefficient (Wildman–Crippen LogP) is 7.63. The number of rotatable bonds is 6. The van der Waals surface area contributed by atoms with E-state index in [4.69, 9.17) is 4.74 Å². The number of benzene rings is 3. The van der Waals surface area contributed by atoms with Gasteiger partial charge < -0.3 is 15.4 Å². The van der Waals surface area contributed by atoms with Crippen LogP contribution in [0.5, 0.6) is 0 Å². The molecule has 3 atom stereocenters. The minimum atomic E-state index is -0.366. The number of ether oxygens (including phenoxy) is 1. The van der Waals surface area contributed by atoms with Gasteiger partial charge in [0.15, 0.2) is 0 Å². The predicted molar refractivity (Wildman–Crippen MR) is 157 cm³/mol. The number of amides is 1. The van der Waals surface area contributed by atoms with Crippen molar-refractivity contribution in [3.8, 4) is 0 Å². The molecule has 4 nitrogen and oxygen atoms in total. The largest absolute Gasteiger partial charge is 0.445 e. The van der Waals surface area contributed by atoms with Crippen molar-refractivity contribution in [2.24, 2.45) is 0 Å². The molecule has 4 rings (SSSR count). The van der Waals surface area contributed by atoms with Gasteiger partial charge in [0.05, 0.1) is 6.04 Å². The van der Waals surface area contributed by atoms with Crippen molar-refractivity contribution in [2.75, 3.05) is 6.54 Å². The number of carbonyl (C=O) groups is 1. The second-order valence-electron chi connectivity index (χ2n) is 12.8. The molecule has 3 aromatic rings. The monoisotopic (exact) mass is 512 g/mol. The first-order chi connectivity index (χ1) is 17.9. The summed E-state index contributed by atoms with van der Waals surface area (Å²) in [5.41, 5.74) is 6.49. The number of carbonyl (C=O) groups excluding carboxylic acids is 1. The van der Waals surface area contributed by atoms with Gasteiger partial charge in [-0.1, -0.05) is 120 Å². The van der Waals surface area contributed by atoms with Crippen LogP contribution in [0.25, 0.3) is 0 Å². The molecule has 0 bridgehead atoms. The van der Waals surface area contributed by atoms with E-state index in [2.05, 4.69) is 101 Å². The molecule has 1 aliphatic rings. The standard InChI is InChI=1S/C34H44N2O2/c1-23(24-11-9-8-10-12-24)36-32(37)38-29-21-30(35-22-29)31(25-13-17-27(18-14-25)33(2,3)4)26-15-19-28(20-16-26)34(5,6)7/h8-20,23,29-31,35H,21-22H2,1-7H3,(H,36,37)/t23-,29+,30+/m0/s1. The Bertz CT molecular complexity index is 1130. The highest BCUT2D eigenvalue weighted by Crippen LogP contribution is 2.35. The lowest BCUT2D eigenvalue weighted by Gasteiger charge is -2.27. The van der Waals surface area contributed by atoms with E-state index in [0.717, 1.165) is 12.0 Å². The first kappa shape index (κ1) is 27.9. The average molecular weight is 513 g/mol. The van der Waals surface area contributed by atoms with Crippen LogP contribution in [0, 0.1) is 0 Å². The molecule has 1 fully saturated rings. The van der Waals surface area contributed by atoms with Gasteiger partial charge in [-0.2, -0.15) is 0 Å². The molecule has 0 unspecified atom stereocenters. The van der Waals surface area contributed by atoms with Crippen LogP contribution in [0.15, 0.2) is 78.9 Å². The van der Waals surface area contributed by atoms with E-state index in [1.54, 1.807) is 0 Å². The molecule has 0 aromatic heterocycles. The maximum absolute atomic E-state index is 12.7. The molecular formula is C34H44N2O2. The molecule has 0 radical (unpaired) electrons. The van der Waals surface area contributed by atoms with E-state index in [1.807, 2.05) is 37.3 Å². The fraction of sp³-hybridized carbons (Fsp3) is 0.441. The van der Waals surface area contributed by atoms with Crippen LogP contribution in [-0.4, -0.2) is 24.8 Å². The van der Waals surface area contributed by atoms with E-state index in [1.165, 1.54) is 22.3 Å². The molecule has 1 heterocycles. The smallest absolute Gasteiger partial charge is 0.407 e. The summed E-state index contributed by atoms with van der Waals surface area (Å²) in [6.07, 6.45) is 0.224. The molecular weight excluding hydrogens is 468 g/mol. The summed E-state index contributed by atoms with van der Waals surface area (Å²) < 4.78 is 5.87. The van der Waals surface area contributed by atoms with Gasteiger partial charge in [-0.25, -0.2) is 4.79 Å². The van der Waals surface area contributed by atoms with Crippen molar-refractivity contribution >= 4 is 6.09 Å². The van der Waals surface area contributed by atoms with Crippen LogP contribution >= 0.6 is 0 Å². The summed E-state index contributed by atoms with van der Waals surface area (Å²) in [6.45, 7) is 16.1. The summed E-state index contributed by atoms with van der Waals surface area (Å²) >= 11 is 0. The molecule has 0 saturated carbocycles. The molecule has 1 saturated heterocycles. The van der Waals surface area contributed by atoms with Crippen LogP contribution < -0.4 is 10.6 Å². The van der Waals surface area contributed by atoms with Crippen LogP contribution in [0.1, 0.15) is 94.7 Å². The van der Waals surface area contributed by atoms with Crippen molar-refractivity contribution in [1.29, 1.82) is 0 Å². The topological polar surface area (TPSA) is 50.4 Å². The van der Waals surface area contributed by atoms with Gasteiger partial charge in [0.2, 0.25) is 0 Å². The van der Waals surface area contributed by atoms with Crippen molar-refractivity contribution in [3.63, 3.8) is 0 Å². The Morgan fingerprint density at radius 3 is 1.76 bits per heavy atom. The van der Waals surface area contributed by atoms with E-state index < -0.39 is 0 Å². The second-order valence-corrected chi connectivity index (χ2v) is 12.8. The zero-order valence-corrected chi connectivity index (χ0v) is 24.0. The van der Waals surface area contributed by atoms with Gasteiger partial charge in [-0.05, 0) is 45.6 Å². The molecule has 202 valence electrons. The van der Waals surface area contributed by atoms with Crippen LogP contribution in [0.2, 0.25) is 0 Å². The second kappa shape index (κ2) is 11.3. The third kappa shape index (κ3) is 6.85. The lowest BCUT2D eigenvalue weighted by molar-refractivity contribution is 0.103. The molecule has 1 aliphatic heterocycles. The number of nitrogens with one attached hydrogen (secondary N) is 2. The molecule has 1 amide bonds. The minimum absolute atomic E-state index is 0.107. The molecule has 4 heteroatoms. The van der Waals surface area contributed by atoms with Crippen molar-refractivity contribution < 1.29 is 9.53 Å². The summed E-state index contributed by atoms with van der Waals surface area (Å²) in [7, 11) is 0. The van der Waals surface area contributed by atoms with E-state index in [9.17, 15) is 4.79 Å². The fourth-order valence-electron chi connectivity index (χ4n) is 5.30. The zero-order valence-electron chi connectivity index (χ0n) is 24.0. The van der Waals surface area contributed by atoms with Gasteiger partial charge in [0, 0.05) is 24.9 Å². The minimum Gasteiger partial charge on any atom is -0.445 e. The maximum atomic E-state index is 12.7. The third-order valence-electron chi connectivity index (χ3n) is 7.71. The molecule has 3 aromatic carbocycles. The lowest BCUT2D eigenvalue weighted by Crippen LogP contribution is -2.31. The Morgan fingerprint density at radius 2 is 1.29 bits per heavy atom. The third-order valence-corrected chi connectivity index (χ3v) is 7.71. The summed E-state index contributed by atoms with van der Waals surface area (Å²) in [5, 5.41) is 6.66. The quantitative estimate of drug-likeness (QED) is 0.357. The Labute approximate surface area is 229 Å². The molecule has 38 heavy (non-hydrogen) atoms.